The van der Waals surface area contributed by atoms with E-state index in [2.05, 4.69) is 15.3 Å². The molecule has 0 aliphatic carbocycles. The fourth-order valence-electron chi connectivity index (χ4n) is 1.88. The quantitative estimate of drug-likeness (QED) is 0.781. The summed E-state index contributed by atoms with van der Waals surface area (Å²) >= 11 is 0. The Kier molecular flexibility index (Phi) is 3.16. The van der Waals surface area contributed by atoms with Crippen LogP contribution in [0.3, 0.4) is 0 Å². The first-order valence-corrected chi connectivity index (χ1v) is 5.51. The highest BCUT2D eigenvalue weighted by Crippen LogP contribution is 2.21. The van der Waals surface area contributed by atoms with E-state index in [0.29, 0.717) is 6.61 Å². The normalized spacial score (nSPS) is 15.6. The minimum Gasteiger partial charge on any atom is -0.478 e. The van der Waals surface area contributed by atoms with E-state index < -0.39 is 0 Å². The molecule has 0 spiro atoms. The number of hydrogen-bond donors (Lipinski definition) is 1. The number of ether oxygens (including phenoxy) is 1. The van der Waals surface area contributed by atoms with E-state index in [4.69, 9.17) is 4.74 Å². The highest BCUT2D eigenvalue weighted by atomic mass is 16.5. The van der Waals surface area contributed by atoms with Crippen molar-refractivity contribution in [3.63, 3.8) is 0 Å². The van der Waals surface area contributed by atoms with Gasteiger partial charge in [-0.1, -0.05) is 0 Å². The van der Waals surface area contributed by atoms with Crippen LogP contribution in [0, 0.1) is 6.92 Å². The molecule has 1 aliphatic rings. The predicted molar refractivity (Wildman–Crippen MR) is 58.2 cm³/mol. The van der Waals surface area contributed by atoms with Crippen molar-refractivity contribution in [2.45, 2.75) is 26.7 Å². The molecular weight excluding hydrogens is 190 g/mol. The molecular formula is C11H17N3O. The molecule has 0 radical (unpaired) electrons. The second kappa shape index (κ2) is 4.57. The molecule has 0 saturated heterocycles. The van der Waals surface area contributed by atoms with Crippen molar-refractivity contribution in [1.82, 2.24) is 15.3 Å². The van der Waals surface area contributed by atoms with Crippen LogP contribution < -0.4 is 10.1 Å². The van der Waals surface area contributed by atoms with Crippen LogP contribution in [0.4, 0.5) is 0 Å². The highest BCUT2D eigenvalue weighted by Gasteiger charge is 2.15. The van der Waals surface area contributed by atoms with Gasteiger partial charge in [0.1, 0.15) is 5.82 Å². The van der Waals surface area contributed by atoms with Gasteiger partial charge in [0.25, 0.3) is 0 Å². The van der Waals surface area contributed by atoms with Crippen LogP contribution in [0.2, 0.25) is 0 Å². The molecule has 82 valence electrons. The first kappa shape index (κ1) is 10.4. The summed E-state index contributed by atoms with van der Waals surface area (Å²) in [4.78, 5) is 8.84. The van der Waals surface area contributed by atoms with Gasteiger partial charge in [-0.05, 0) is 26.8 Å². The molecule has 1 N–H and O–H groups in total. The van der Waals surface area contributed by atoms with Crippen molar-refractivity contribution in [3.8, 4) is 5.88 Å². The van der Waals surface area contributed by atoms with Crippen LogP contribution in [0.1, 0.15) is 24.0 Å². The fraction of sp³-hybridized carbons (Fsp3) is 0.636. The summed E-state index contributed by atoms with van der Waals surface area (Å²) in [7, 11) is 0. The number of hydrogen-bond acceptors (Lipinski definition) is 4. The fourth-order valence-corrected chi connectivity index (χ4v) is 1.88. The lowest BCUT2D eigenvalue weighted by atomic mass is 10.1. The van der Waals surface area contributed by atoms with Crippen LogP contribution in [0.5, 0.6) is 5.88 Å². The Morgan fingerprint density at radius 3 is 2.87 bits per heavy atom. The second-order valence-electron chi connectivity index (χ2n) is 3.68. The van der Waals surface area contributed by atoms with E-state index in [9.17, 15) is 0 Å². The van der Waals surface area contributed by atoms with Gasteiger partial charge in [-0.25, -0.2) is 4.98 Å². The van der Waals surface area contributed by atoms with Gasteiger partial charge >= 0.3 is 0 Å². The largest absolute Gasteiger partial charge is 0.478 e. The Balaban J connectivity index is 2.40. The summed E-state index contributed by atoms with van der Waals surface area (Å²) in [5.41, 5.74) is 2.34. The first-order valence-electron chi connectivity index (χ1n) is 5.51. The molecule has 15 heavy (non-hydrogen) atoms. The molecule has 0 aromatic carbocycles. The van der Waals surface area contributed by atoms with Gasteiger partial charge in [-0.15, -0.1) is 0 Å². The highest BCUT2D eigenvalue weighted by molar-refractivity contribution is 5.32. The third kappa shape index (κ3) is 2.26. The molecule has 0 amide bonds. The zero-order chi connectivity index (χ0) is 10.7. The summed E-state index contributed by atoms with van der Waals surface area (Å²) in [6.07, 6.45) is 1.93. The topological polar surface area (TPSA) is 47.0 Å². The summed E-state index contributed by atoms with van der Waals surface area (Å²) in [5, 5.41) is 3.36. The van der Waals surface area contributed by atoms with E-state index in [1.807, 2.05) is 13.8 Å². The standard InChI is InChI=1S/C11H17N3O/c1-3-15-11-9-4-6-12-7-5-10(9)13-8(2)14-11/h12H,3-7H2,1-2H3. The van der Waals surface area contributed by atoms with E-state index in [1.54, 1.807) is 0 Å². The third-order valence-corrected chi connectivity index (χ3v) is 2.54. The van der Waals surface area contributed by atoms with E-state index >= 15 is 0 Å². The summed E-state index contributed by atoms with van der Waals surface area (Å²) in [6.45, 7) is 6.55. The van der Waals surface area contributed by atoms with Crippen LogP contribution >= 0.6 is 0 Å². The molecule has 2 rings (SSSR count). The van der Waals surface area contributed by atoms with Crippen LogP contribution in [-0.4, -0.2) is 29.7 Å². The molecule has 0 saturated carbocycles. The summed E-state index contributed by atoms with van der Waals surface area (Å²) in [6, 6.07) is 0. The molecule has 1 aromatic heterocycles. The minimum absolute atomic E-state index is 0.663. The van der Waals surface area contributed by atoms with Gasteiger partial charge in [0.15, 0.2) is 0 Å². The lowest BCUT2D eigenvalue weighted by Crippen LogP contribution is -2.16. The van der Waals surface area contributed by atoms with E-state index in [0.717, 1.165) is 43.3 Å². The SMILES string of the molecule is CCOc1nc(C)nc2c1CCNCC2. The Labute approximate surface area is 90.1 Å². The Morgan fingerprint density at radius 2 is 2.07 bits per heavy atom. The maximum Gasteiger partial charge on any atom is 0.220 e. The summed E-state index contributed by atoms with van der Waals surface area (Å²) in [5.74, 6) is 1.59. The Bertz CT molecular complexity index is 352. The number of rotatable bonds is 2. The van der Waals surface area contributed by atoms with Crippen molar-refractivity contribution >= 4 is 0 Å². The van der Waals surface area contributed by atoms with Gasteiger partial charge in [0.05, 0.1) is 12.3 Å². The smallest absolute Gasteiger partial charge is 0.220 e. The molecule has 2 heterocycles. The minimum atomic E-state index is 0.663. The lowest BCUT2D eigenvalue weighted by Gasteiger charge is -2.11. The van der Waals surface area contributed by atoms with Gasteiger partial charge in [0.2, 0.25) is 5.88 Å². The number of fused-ring (bicyclic) bond motifs is 1. The molecule has 0 bridgehead atoms. The maximum atomic E-state index is 5.56. The second-order valence-corrected chi connectivity index (χ2v) is 3.68. The molecule has 0 unspecified atom stereocenters. The maximum absolute atomic E-state index is 5.56. The van der Waals surface area contributed by atoms with Gasteiger partial charge < -0.3 is 10.1 Å². The monoisotopic (exact) mass is 207 g/mol. The molecule has 1 aromatic rings. The Hall–Kier alpha value is -1.16. The Morgan fingerprint density at radius 1 is 1.27 bits per heavy atom. The average molecular weight is 207 g/mol. The van der Waals surface area contributed by atoms with Gasteiger partial charge in [-0.2, -0.15) is 4.98 Å². The van der Waals surface area contributed by atoms with E-state index in [1.165, 1.54) is 5.56 Å². The number of aryl methyl sites for hydroxylation is 1. The van der Waals surface area contributed by atoms with Crippen molar-refractivity contribution in [1.29, 1.82) is 0 Å². The first-order chi connectivity index (χ1) is 7.31. The molecule has 0 atom stereocenters. The summed E-state index contributed by atoms with van der Waals surface area (Å²) < 4.78 is 5.56. The zero-order valence-electron chi connectivity index (χ0n) is 9.34. The van der Waals surface area contributed by atoms with E-state index in [-0.39, 0.29) is 0 Å². The molecule has 1 aliphatic heterocycles. The van der Waals surface area contributed by atoms with Crippen molar-refractivity contribution < 1.29 is 4.74 Å². The number of nitrogens with zero attached hydrogens (tertiary/aromatic N) is 2. The molecule has 4 heteroatoms. The van der Waals surface area contributed by atoms with Gasteiger partial charge in [0, 0.05) is 18.5 Å². The van der Waals surface area contributed by atoms with Crippen LogP contribution in [0.15, 0.2) is 0 Å². The predicted octanol–water partition coefficient (Wildman–Crippen LogP) is 0.872. The number of aromatic nitrogens is 2. The van der Waals surface area contributed by atoms with Crippen LogP contribution in [-0.2, 0) is 12.8 Å². The number of nitrogens with one attached hydrogen (secondary N) is 1. The van der Waals surface area contributed by atoms with Crippen molar-refractivity contribution in [2.75, 3.05) is 19.7 Å². The van der Waals surface area contributed by atoms with Gasteiger partial charge in [-0.3, -0.25) is 0 Å². The zero-order valence-corrected chi connectivity index (χ0v) is 9.34. The molecule has 0 fully saturated rings. The van der Waals surface area contributed by atoms with Crippen molar-refractivity contribution in [2.24, 2.45) is 0 Å². The third-order valence-electron chi connectivity index (χ3n) is 2.54. The molecule has 4 nitrogen and oxygen atoms in total. The van der Waals surface area contributed by atoms with Crippen molar-refractivity contribution in [3.05, 3.63) is 17.1 Å². The average Bonchev–Trinajstić information content (AvgIpc) is 2.43. The lowest BCUT2D eigenvalue weighted by molar-refractivity contribution is 0.320. The van der Waals surface area contributed by atoms with Crippen LogP contribution in [0.25, 0.3) is 0 Å².